The standard InChI is InChI=1S/C15H19N5O/c1-9-10(2)19-20(11(9)3)15-16-7-13(8-17-15)18-14(21)12-5-4-6-12/h7-8,12H,4-6H2,1-3H3,(H,18,21). The molecule has 0 spiro atoms. The number of hydrogen-bond acceptors (Lipinski definition) is 4. The predicted octanol–water partition coefficient (Wildman–Crippen LogP) is 2.33. The van der Waals surface area contributed by atoms with E-state index in [0.717, 1.165) is 36.2 Å². The molecule has 1 aliphatic carbocycles. The molecule has 21 heavy (non-hydrogen) atoms. The van der Waals surface area contributed by atoms with Gasteiger partial charge in [-0.3, -0.25) is 4.79 Å². The van der Waals surface area contributed by atoms with Gasteiger partial charge in [0.05, 0.1) is 23.8 Å². The van der Waals surface area contributed by atoms with Crippen molar-refractivity contribution in [2.45, 2.75) is 40.0 Å². The van der Waals surface area contributed by atoms with E-state index in [0.29, 0.717) is 11.6 Å². The van der Waals surface area contributed by atoms with E-state index in [1.807, 2.05) is 20.8 Å². The number of nitrogens with zero attached hydrogens (tertiary/aromatic N) is 4. The molecule has 0 aliphatic heterocycles. The van der Waals surface area contributed by atoms with E-state index in [1.54, 1.807) is 17.1 Å². The van der Waals surface area contributed by atoms with Gasteiger partial charge in [-0.2, -0.15) is 5.10 Å². The van der Waals surface area contributed by atoms with Gasteiger partial charge in [-0.1, -0.05) is 6.42 Å². The van der Waals surface area contributed by atoms with Crippen molar-refractivity contribution in [2.24, 2.45) is 5.92 Å². The number of nitrogens with one attached hydrogen (secondary N) is 1. The van der Waals surface area contributed by atoms with Crippen LogP contribution in [0.2, 0.25) is 0 Å². The molecule has 1 N–H and O–H groups in total. The summed E-state index contributed by atoms with van der Waals surface area (Å²) in [6.45, 7) is 5.98. The maximum atomic E-state index is 11.9. The Bertz CT molecular complexity index is 670. The van der Waals surface area contributed by atoms with Gasteiger partial charge in [0.1, 0.15) is 0 Å². The SMILES string of the molecule is Cc1nn(-c2ncc(NC(=O)C3CCC3)cn2)c(C)c1C. The number of anilines is 1. The zero-order valence-electron chi connectivity index (χ0n) is 12.6. The van der Waals surface area contributed by atoms with Crippen LogP contribution < -0.4 is 5.32 Å². The Morgan fingerprint density at radius 2 is 1.90 bits per heavy atom. The third-order valence-electron chi connectivity index (χ3n) is 4.22. The van der Waals surface area contributed by atoms with Crippen LogP contribution in [0.15, 0.2) is 12.4 Å². The van der Waals surface area contributed by atoms with E-state index in [4.69, 9.17) is 0 Å². The minimum Gasteiger partial charge on any atom is -0.323 e. The van der Waals surface area contributed by atoms with Crippen LogP contribution in [-0.2, 0) is 4.79 Å². The van der Waals surface area contributed by atoms with Gasteiger partial charge in [0, 0.05) is 11.6 Å². The monoisotopic (exact) mass is 285 g/mol. The third kappa shape index (κ3) is 2.53. The number of aromatic nitrogens is 4. The summed E-state index contributed by atoms with van der Waals surface area (Å²) in [5, 5.41) is 7.29. The zero-order valence-corrected chi connectivity index (χ0v) is 12.6. The fourth-order valence-corrected chi connectivity index (χ4v) is 2.33. The van der Waals surface area contributed by atoms with Crippen LogP contribution in [0.25, 0.3) is 5.95 Å². The molecule has 0 bridgehead atoms. The Morgan fingerprint density at radius 1 is 1.24 bits per heavy atom. The molecule has 0 unspecified atom stereocenters. The van der Waals surface area contributed by atoms with Crippen LogP contribution in [-0.4, -0.2) is 25.7 Å². The molecule has 0 atom stereocenters. The molecule has 6 nitrogen and oxygen atoms in total. The molecule has 6 heteroatoms. The van der Waals surface area contributed by atoms with Crippen molar-refractivity contribution < 1.29 is 4.79 Å². The van der Waals surface area contributed by atoms with Crippen LogP contribution >= 0.6 is 0 Å². The Hall–Kier alpha value is -2.24. The normalized spacial score (nSPS) is 14.8. The lowest BCUT2D eigenvalue weighted by molar-refractivity contribution is -0.122. The van der Waals surface area contributed by atoms with Gasteiger partial charge >= 0.3 is 0 Å². The third-order valence-corrected chi connectivity index (χ3v) is 4.22. The number of amides is 1. The Morgan fingerprint density at radius 3 is 2.38 bits per heavy atom. The molecule has 2 aromatic rings. The summed E-state index contributed by atoms with van der Waals surface area (Å²) in [4.78, 5) is 20.5. The number of hydrogen-bond donors (Lipinski definition) is 1. The van der Waals surface area contributed by atoms with Crippen molar-refractivity contribution in [3.63, 3.8) is 0 Å². The van der Waals surface area contributed by atoms with E-state index in [9.17, 15) is 4.79 Å². The van der Waals surface area contributed by atoms with Gasteiger partial charge < -0.3 is 5.32 Å². The van der Waals surface area contributed by atoms with Gasteiger partial charge in [0.15, 0.2) is 0 Å². The minimum atomic E-state index is 0.0690. The first-order chi connectivity index (χ1) is 10.1. The lowest BCUT2D eigenvalue weighted by Gasteiger charge is -2.23. The van der Waals surface area contributed by atoms with Crippen LogP contribution in [0.4, 0.5) is 5.69 Å². The average molecular weight is 285 g/mol. The van der Waals surface area contributed by atoms with Crippen LogP contribution in [0, 0.1) is 26.7 Å². The fraction of sp³-hybridized carbons (Fsp3) is 0.467. The number of carbonyl (C=O) groups is 1. The summed E-state index contributed by atoms with van der Waals surface area (Å²) in [5.74, 6) is 0.744. The minimum absolute atomic E-state index is 0.0690. The molecule has 0 radical (unpaired) electrons. The maximum Gasteiger partial charge on any atom is 0.250 e. The second-order valence-corrected chi connectivity index (χ2v) is 5.60. The number of carbonyl (C=O) groups excluding carboxylic acids is 1. The maximum absolute atomic E-state index is 11.9. The Labute approximate surface area is 123 Å². The lowest BCUT2D eigenvalue weighted by Crippen LogP contribution is -2.28. The molecule has 0 saturated heterocycles. The van der Waals surface area contributed by atoms with E-state index >= 15 is 0 Å². The van der Waals surface area contributed by atoms with E-state index < -0.39 is 0 Å². The molecule has 1 fully saturated rings. The van der Waals surface area contributed by atoms with E-state index in [1.165, 1.54) is 0 Å². The number of aryl methyl sites for hydroxylation is 1. The topological polar surface area (TPSA) is 72.7 Å². The van der Waals surface area contributed by atoms with Crippen molar-refractivity contribution in [3.8, 4) is 5.95 Å². The number of rotatable bonds is 3. The second-order valence-electron chi connectivity index (χ2n) is 5.60. The van der Waals surface area contributed by atoms with Gasteiger partial charge in [0.25, 0.3) is 5.95 Å². The molecule has 2 aromatic heterocycles. The Kier molecular flexibility index (Phi) is 3.45. The summed E-state index contributed by atoms with van der Waals surface area (Å²) in [6.07, 6.45) is 6.37. The predicted molar refractivity (Wildman–Crippen MR) is 79.3 cm³/mol. The van der Waals surface area contributed by atoms with Crippen molar-refractivity contribution in [3.05, 3.63) is 29.3 Å². The first-order valence-electron chi connectivity index (χ1n) is 7.22. The Balaban J connectivity index is 1.77. The van der Waals surface area contributed by atoms with Crippen molar-refractivity contribution in [1.29, 1.82) is 0 Å². The van der Waals surface area contributed by atoms with E-state index in [2.05, 4.69) is 20.4 Å². The van der Waals surface area contributed by atoms with Gasteiger partial charge in [-0.25, -0.2) is 14.6 Å². The molecule has 2 heterocycles. The summed E-state index contributed by atoms with van der Waals surface area (Å²) in [7, 11) is 0. The van der Waals surface area contributed by atoms with Crippen molar-refractivity contribution in [2.75, 3.05) is 5.32 Å². The first kappa shape index (κ1) is 13.7. The van der Waals surface area contributed by atoms with Crippen molar-refractivity contribution in [1.82, 2.24) is 19.7 Å². The fourth-order valence-electron chi connectivity index (χ4n) is 2.33. The molecular weight excluding hydrogens is 266 g/mol. The highest BCUT2D eigenvalue weighted by Gasteiger charge is 2.25. The summed E-state index contributed by atoms with van der Waals surface area (Å²) >= 11 is 0. The molecule has 3 rings (SSSR count). The van der Waals surface area contributed by atoms with Crippen LogP contribution in [0.5, 0.6) is 0 Å². The summed E-state index contributed by atoms with van der Waals surface area (Å²) < 4.78 is 1.72. The molecule has 1 amide bonds. The highest BCUT2D eigenvalue weighted by Crippen LogP contribution is 2.27. The molecule has 0 aromatic carbocycles. The molecule has 1 saturated carbocycles. The largest absolute Gasteiger partial charge is 0.323 e. The smallest absolute Gasteiger partial charge is 0.250 e. The quantitative estimate of drug-likeness (QED) is 0.939. The average Bonchev–Trinajstić information content (AvgIpc) is 2.65. The zero-order chi connectivity index (χ0) is 15.0. The highest BCUT2D eigenvalue weighted by atomic mass is 16.1. The second kappa shape index (κ2) is 5.27. The summed E-state index contributed by atoms with van der Waals surface area (Å²) in [6, 6.07) is 0. The first-order valence-corrected chi connectivity index (χ1v) is 7.22. The molecule has 1 aliphatic rings. The highest BCUT2D eigenvalue weighted by molar-refractivity contribution is 5.92. The van der Waals surface area contributed by atoms with Gasteiger partial charge in [-0.15, -0.1) is 0 Å². The van der Waals surface area contributed by atoms with Crippen LogP contribution in [0.1, 0.15) is 36.2 Å². The van der Waals surface area contributed by atoms with E-state index in [-0.39, 0.29) is 11.8 Å². The van der Waals surface area contributed by atoms with Crippen molar-refractivity contribution >= 4 is 11.6 Å². The summed E-state index contributed by atoms with van der Waals surface area (Å²) in [5.41, 5.74) is 3.77. The van der Waals surface area contributed by atoms with Crippen LogP contribution in [0.3, 0.4) is 0 Å². The lowest BCUT2D eigenvalue weighted by atomic mass is 9.85. The molecule has 110 valence electrons. The van der Waals surface area contributed by atoms with Gasteiger partial charge in [0.2, 0.25) is 5.91 Å². The molecular formula is C15H19N5O. The van der Waals surface area contributed by atoms with Gasteiger partial charge in [-0.05, 0) is 39.2 Å².